The number of rotatable bonds is 5. The molecule has 0 amide bonds. The van der Waals surface area contributed by atoms with Crippen molar-refractivity contribution >= 4 is 11.5 Å². The van der Waals surface area contributed by atoms with Crippen molar-refractivity contribution in [1.29, 1.82) is 0 Å². The summed E-state index contributed by atoms with van der Waals surface area (Å²) in [6.07, 6.45) is -1.50. The van der Waals surface area contributed by atoms with Crippen molar-refractivity contribution in [3.63, 3.8) is 0 Å². The normalized spacial score (nSPS) is 17.5. The standard InChI is InChI=1S/C21H22F3NO/c1-15(26)13-19-6-4-12-25(19)18-10-8-16(9-11-18)14-17-5-2-3-7-20(17)21(22,23)24/h2-3,5,7-11,19H,4,6,12-14H2,1H3. The summed E-state index contributed by atoms with van der Waals surface area (Å²) in [5, 5.41) is 0. The van der Waals surface area contributed by atoms with Gasteiger partial charge in [-0.3, -0.25) is 4.79 Å². The second-order valence-electron chi connectivity index (χ2n) is 6.89. The highest BCUT2D eigenvalue weighted by atomic mass is 19.4. The first-order chi connectivity index (χ1) is 12.3. The number of halogens is 3. The Morgan fingerprint density at radius 3 is 2.46 bits per heavy atom. The molecule has 1 atom stereocenters. The van der Waals surface area contributed by atoms with Gasteiger partial charge in [-0.1, -0.05) is 30.3 Å². The van der Waals surface area contributed by atoms with Crippen LogP contribution in [0.5, 0.6) is 0 Å². The average molecular weight is 361 g/mol. The van der Waals surface area contributed by atoms with E-state index in [4.69, 9.17) is 0 Å². The number of nitrogens with zero attached hydrogens (tertiary/aromatic N) is 1. The molecule has 1 unspecified atom stereocenters. The van der Waals surface area contributed by atoms with Crippen molar-refractivity contribution in [3.05, 3.63) is 65.2 Å². The van der Waals surface area contributed by atoms with Crippen molar-refractivity contribution in [2.75, 3.05) is 11.4 Å². The zero-order chi connectivity index (χ0) is 18.7. The molecule has 0 aliphatic carbocycles. The number of carbonyl (C=O) groups excluding carboxylic acids is 1. The molecule has 1 aliphatic heterocycles. The van der Waals surface area contributed by atoms with Crippen molar-refractivity contribution < 1.29 is 18.0 Å². The third-order valence-corrected chi connectivity index (χ3v) is 4.89. The average Bonchev–Trinajstić information content (AvgIpc) is 3.02. The van der Waals surface area contributed by atoms with E-state index >= 15 is 0 Å². The second kappa shape index (κ2) is 7.52. The first-order valence-electron chi connectivity index (χ1n) is 8.84. The van der Waals surface area contributed by atoms with Crippen LogP contribution in [0.3, 0.4) is 0 Å². The van der Waals surface area contributed by atoms with E-state index in [1.54, 1.807) is 13.0 Å². The van der Waals surface area contributed by atoms with Crippen LogP contribution >= 0.6 is 0 Å². The van der Waals surface area contributed by atoms with Gasteiger partial charge in [0.05, 0.1) is 5.56 Å². The largest absolute Gasteiger partial charge is 0.416 e. The third-order valence-electron chi connectivity index (χ3n) is 4.89. The lowest BCUT2D eigenvalue weighted by molar-refractivity contribution is -0.138. The summed E-state index contributed by atoms with van der Waals surface area (Å²) >= 11 is 0. The highest BCUT2D eigenvalue weighted by Crippen LogP contribution is 2.33. The zero-order valence-electron chi connectivity index (χ0n) is 14.7. The molecular weight excluding hydrogens is 339 g/mol. The summed E-state index contributed by atoms with van der Waals surface area (Å²) in [4.78, 5) is 13.7. The lowest BCUT2D eigenvalue weighted by Gasteiger charge is -2.26. The number of benzene rings is 2. The molecule has 3 rings (SSSR count). The molecule has 2 aromatic carbocycles. The SMILES string of the molecule is CC(=O)CC1CCCN1c1ccc(Cc2ccccc2C(F)(F)F)cc1. The lowest BCUT2D eigenvalue weighted by Crippen LogP contribution is -2.30. The molecule has 2 aromatic rings. The fourth-order valence-corrected chi connectivity index (χ4v) is 3.70. The van der Waals surface area contributed by atoms with Gasteiger partial charge >= 0.3 is 6.18 Å². The molecule has 0 saturated carbocycles. The molecule has 1 saturated heterocycles. The summed E-state index contributed by atoms with van der Waals surface area (Å²) in [5.41, 5.74) is 1.57. The quantitative estimate of drug-likeness (QED) is 0.725. The van der Waals surface area contributed by atoms with E-state index in [0.29, 0.717) is 6.42 Å². The molecule has 1 fully saturated rings. The maximum absolute atomic E-state index is 13.1. The molecule has 138 valence electrons. The molecule has 0 spiro atoms. The number of hydrogen-bond donors (Lipinski definition) is 0. The number of Topliss-reactive ketones (excluding diaryl/α,β-unsaturated/α-hetero) is 1. The van der Waals surface area contributed by atoms with Gasteiger partial charge in [-0.05, 0) is 55.5 Å². The van der Waals surface area contributed by atoms with Gasteiger partial charge in [0.15, 0.2) is 0 Å². The van der Waals surface area contributed by atoms with Gasteiger partial charge in [0, 0.05) is 24.7 Å². The zero-order valence-corrected chi connectivity index (χ0v) is 14.7. The van der Waals surface area contributed by atoms with E-state index in [9.17, 15) is 18.0 Å². The van der Waals surface area contributed by atoms with Gasteiger partial charge in [0.2, 0.25) is 0 Å². The Balaban J connectivity index is 1.76. The predicted molar refractivity (Wildman–Crippen MR) is 96.4 cm³/mol. The van der Waals surface area contributed by atoms with Gasteiger partial charge in [0.1, 0.15) is 5.78 Å². The smallest absolute Gasteiger partial charge is 0.368 e. The van der Waals surface area contributed by atoms with Crippen molar-refractivity contribution in [1.82, 2.24) is 0 Å². The van der Waals surface area contributed by atoms with Gasteiger partial charge < -0.3 is 4.90 Å². The minimum atomic E-state index is -4.34. The number of alkyl halides is 3. The molecule has 0 N–H and O–H groups in total. The molecule has 0 aromatic heterocycles. The summed E-state index contributed by atoms with van der Waals surface area (Å²) in [6, 6.07) is 13.6. The Morgan fingerprint density at radius 2 is 1.81 bits per heavy atom. The van der Waals surface area contributed by atoms with Crippen LogP contribution in [0.4, 0.5) is 18.9 Å². The highest BCUT2D eigenvalue weighted by molar-refractivity contribution is 5.77. The van der Waals surface area contributed by atoms with Crippen molar-refractivity contribution in [2.24, 2.45) is 0 Å². The Kier molecular flexibility index (Phi) is 5.35. The van der Waals surface area contributed by atoms with Gasteiger partial charge in [0.25, 0.3) is 0 Å². The van der Waals surface area contributed by atoms with Crippen LogP contribution in [-0.4, -0.2) is 18.4 Å². The van der Waals surface area contributed by atoms with Gasteiger partial charge in [-0.15, -0.1) is 0 Å². The minimum Gasteiger partial charge on any atom is -0.368 e. The number of hydrogen-bond acceptors (Lipinski definition) is 2. The van der Waals surface area contributed by atoms with Gasteiger partial charge in [-0.25, -0.2) is 0 Å². The fraction of sp³-hybridized carbons (Fsp3) is 0.381. The predicted octanol–water partition coefficient (Wildman–Crippen LogP) is 5.24. The number of anilines is 1. The molecule has 1 aliphatic rings. The van der Waals surface area contributed by atoms with Crippen LogP contribution in [0.1, 0.15) is 42.9 Å². The fourth-order valence-electron chi connectivity index (χ4n) is 3.70. The summed E-state index contributed by atoms with van der Waals surface area (Å²) in [7, 11) is 0. The summed E-state index contributed by atoms with van der Waals surface area (Å²) in [5.74, 6) is 0.183. The minimum absolute atomic E-state index is 0.183. The molecule has 1 heterocycles. The van der Waals surface area contributed by atoms with Crippen LogP contribution < -0.4 is 4.90 Å². The van der Waals surface area contributed by atoms with E-state index in [1.807, 2.05) is 24.3 Å². The van der Waals surface area contributed by atoms with E-state index in [1.165, 1.54) is 12.1 Å². The van der Waals surface area contributed by atoms with Crippen LogP contribution in [0, 0.1) is 0 Å². The molecule has 0 bridgehead atoms. The van der Waals surface area contributed by atoms with Gasteiger partial charge in [-0.2, -0.15) is 13.2 Å². The van der Waals surface area contributed by atoms with Crippen LogP contribution in [0.25, 0.3) is 0 Å². The molecule has 5 heteroatoms. The second-order valence-corrected chi connectivity index (χ2v) is 6.89. The number of carbonyl (C=O) groups is 1. The van der Waals surface area contributed by atoms with E-state index < -0.39 is 11.7 Å². The molecule has 0 radical (unpaired) electrons. The van der Waals surface area contributed by atoms with E-state index in [2.05, 4.69) is 4.90 Å². The van der Waals surface area contributed by atoms with E-state index in [-0.39, 0.29) is 23.8 Å². The summed E-state index contributed by atoms with van der Waals surface area (Å²) in [6.45, 7) is 2.52. The first kappa shape index (κ1) is 18.5. The molecular formula is C21H22F3NO. The summed E-state index contributed by atoms with van der Waals surface area (Å²) < 4.78 is 39.4. The lowest BCUT2D eigenvalue weighted by atomic mass is 9.99. The van der Waals surface area contributed by atoms with Crippen LogP contribution in [-0.2, 0) is 17.4 Å². The number of ketones is 1. The molecule has 26 heavy (non-hydrogen) atoms. The van der Waals surface area contributed by atoms with Crippen LogP contribution in [0.15, 0.2) is 48.5 Å². The molecule has 2 nitrogen and oxygen atoms in total. The Morgan fingerprint density at radius 1 is 1.12 bits per heavy atom. The van der Waals surface area contributed by atoms with Crippen molar-refractivity contribution in [3.8, 4) is 0 Å². The Hall–Kier alpha value is -2.30. The monoisotopic (exact) mass is 361 g/mol. The topological polar surface area (TPSA) is 20.3 Å². The van der Waals surface area contributed by atoms with Crippen molar-refractivity contribution in [2.45, 2.75) is 44.8 Å². The third kappa shape index (κ3) is 4.26. The Bertz CT molecular complexity index is 768. The highest BCUT2D eigenvalue weighted by Gasteiger charge is 2.32. The Labute approximate surface area is 151 Å². The maximum Gasteiger partial charge on any atom is 0.416 e. The van der Waals surface area contributed by atoms with Crippen LogP contribution in [0.2, 0.25) is 0 Å². The maximum atomic E-state index is 13.1. The van der Waals surface area contributed by atoms with E-state index in [0.717, 1.165) is 36.7 Å². The first-order valence-corrected chi connectivity index (χ1v) is 8.84.